The minimum Gasteiger partial charge on any atom is -0.252 e. The molecule has 0 bridgehead atoms. The molecule has 0 aliphatic heterocycles. The predicted molar refractivity (Wildman–Crippen MR) is 59.8 cm³/mol. The molecule has 0 saturated heterocycles. The summed E-state index contributed by atoms with van der Waals surface area (Å²) in [6.45, 7) is 8.17. The number of aliphatic imine (C=N–C) groups is 1. The summed E-state index contributed by atoms with van der Waals surface area (Å²) in [7, 11) is 0. The third-order valence-corrected chi connectivity index (χ3v) is 1.75. The minimum atomic E-state index is 1.07. The third kappa shape index (κ3) is 6.23. The van der Waals surface area contributed by atoms with Gasteiger partial charge < -0.3 is 0 Å². The van der Waals surface area contributed by atoms with E-state index in [4.69, 9.17) is 0 Å². The average molecular weight is 183 g/mol. The van der Waals surface area contributed by atoms with E-state index in [1.165, 1.54) is 5.57 Å². The lowest BCUT2D eigenvalue weighted by Gasteiger charge is -1.95. The fourth-order valence-corrected chi connectivity index (χ4v) is 1.09. The standard InChI is InChI=1S/C10H17NS/c1-8(2)6-7-10(12-5)11-9(3)4/h6-7H,1-5H3/b10-7+. The van der Waals surface area contributed by atoms with Gasteiger partial charge in [-0.05, 0) is 40.0 Å². The van der Waals surface area contributed by atoms with Crippen molar-refractivity contribution in [2.24, 2.45) is 4.99 Å². The van der Waals surface area contributed by atoms with Gasteiger partial charge in [0, 0.05) is 5.71 Å². The van der Waals surface area contributed by atoms with E-state index in [2.05, 4.69) is 24.9 Å². The molecule has 0 amide bonds. The van der Waals surface area contributed by atoms with Gasteiger partial charge >= 0.3 is 0 Å². The summed E-state index contributed by atoms with van der Waals surface area (Å²) in [5.74, 6) is 0. The topological polar surface area (TPSA) is 12.4 Å². The molecule has 0 aliphatic carbocycles. The minimum absolute atomic E-state index is 1.07. The van der Waals surface area contributed by atoms with Gasteiger partial charge in [-0.25, -0.2) is 0 Å². The van der Waals surface area contributed by atoms with Crippen LogP contribution in [-0.2, 0) is 0 Å². The number of thioether (sulfide) groups is 1. The molecule has 0 aromatic carbocycles. The van der Waals surface area contributed by atoms with E-state index in [9.17, 15) is 0 Å². The number of rotatable bonds is 3. The summed E-state index contributed by atoms with van der Waals surface area (Å²) in [5, 5.41) is 1.07. The molecule has 0 N–H and O–H groups in total. The van der Waals surface area contributed by atoms with Crippen LogP contribution < -0.4 is 0 Å². The molecule has 0 saturated carbocycles. The Morgan fingerprint density at radius 3 is 2.00 bits per heavy atom. The molecule has 0 aromatic rings. The number of hydrogen-bond acceptors (Lipinski definition) is 2. The van der Waals surface area contributed by atoms with Gasteiger partial charge in [-0.3, -0.25) is 4.99 Å². The molecule has 0 heterocycles. The highest BCUT2D eigenvalue weighted by Gasteiger charge is 1.88. The highest BCUT2D eigenvalue weighted by Crippen LogP contribution is 2.13. The molecule has 0 spiro atoms. The van der Waals surface area contributed by atoms with Crippen molar-refractivity contribution in [3.05, 3.63) is 22.8 Å². The molecule has 68 valence electrons. The lowest BCUT2D eigenvalue weighted by Crippen LogP contribution is -1.80. The van der Waals surface area contributed by atoms with Gasteiger partial charge in [-0.2, -0.15) is 0 Å². The fraction of sp³-hybridized carbons (Fsp3) is 0.500. The van der Waals surface area contributed by atoms with Crippen LogP contribution in [0.4, 0.5) is 0 Å². The largest absolute Gasteiger partial charge is 0.252 e. The molecule has 2 heteroatoms. The van der Waals surface area contributed by atoms with Crippen LogP contribution in [0.3, 0.4) is 0 Å². The van der Waals surface area contributed by atoms with Crippen molar-refractivity contribution in [3.63, 3.8) is 0 Å². The van der Waals surface area contributed by atoms with Crippen molar-refractivity contribution in [1.29, 1.82) is 0 Å². The molecular formula is C10H17NS. The summed E-state index contributed by atoms with van der Waals surface area (Å²) < 4.78 is 0. The van der Waals surface area contributed by atoms with E-state index in [1.807, 2.05) is 26.2 Å². The highest BCUT2D eigenvalue weighted by molar-refractivity contribution is 8.02. The van der Waals surface area contributed by atoms with Crippen LogP contribution >= 0.6 is 11.8 Å². The van der Waals surface area contributed by atoms with Gasteiger partial charge in [0.1, 0.15) is 0 Å². The molecule has 12 heavy (non-hydrogen) atoms. The smallest absolute Gasteiger partial charge is 0.0956 e. The van der Waals surface area contributed by atoms with Gasteiger partial charge in [-0.15, -0.1) is 11.8 Å². The number of hydrogen-bond donors (Lipinski definition) is 0. The Bertz CT molecular complexity index is 216. The number of nitrogens with zero attached hydrogens (tertiary/aromatic N) is 1. The first-order chi connectivity index (χ1) is 5.56. The highest BCUT2D eigenvalue weighted by atomic mass is 32.2. The Hall–Kier alpha value is -0.500. The van der Waals surface area contributed by atoms with Gasteiger partial charge in [-0.1, -0.05) is 11.6 Å². The molecule has 0 radical (unpaired) electrons. The summed E-state index contributed by atoms with van der Waals surface area (Å²) >= 11 is 1.67. The first-order valence-electron chi connectivity index (χ1n) is 3.97. The summed E-state index contributed by atoms with van der Waals surface area (Å²) in [4.78, 5) is 4.36. The van der Waals surface area contributed by atoms with E-state index in [1.54, 1.807) is 11.8 Å². The molecule has 0 atom stereocenters. The van der Waals surface area contributed by atoms with E-state index < -0.39 is 0 Å². The van der Waals surface area contributed by atoms with Crippen LogP contribution in [0.1, 0.15) is 27.7 Å². The van der Waals surface area contributed by atoms with Gasteiger partial charge in [0.05, 0.1) is 5.03 Å². The Labute approximate surface area is 79.7 Å². The van der Waals surface area contributed by atoms with E-state index in [-0.39, 0.29) is 0 Å². The zero-order valence-electron chi connectivity index (χ0n) is 8.51. The lowest BCUT2D eigenvalue weighted by atomic mass is 10.3. The number of allylic oxidation sites excluding steroid dienone is 3. The van der Waals surface area contributed by atoms with Crippen LogP contribution in [0.2, 0.25) is 0 Å². The zero-order chi connectivity index (χ0) is 9.56. The van der Waals surface area contributed by atoms with Crippen molar-refractivity contribution in [3.8, 4) is 0 Å². The third-order valence-electron chi connectivity index (χ3n) is 1.10. The van der Waals surface area contributed by atoms with Gasteiger partial charge in [0.2, 0.25) is 0 Å². The molecular weight excluding hydrogens is 166 g/mol. The van der Waals surface area contributed by atoms with Crippen molar-refractivity contribution in [2.75, 3.05) is 6.26 Å². The van der Waals surface area contributed by atoms with Crippen molar-refractivity contribution in [1.82, 2.24) is 0 Å². The molecule has 0 aromatic heterocycles. The Morgan fingerprint density at radius 1 is 1.08 bits per heavy atom. The normalized spacial score (nSPS) is 10.9. The van der Waals surface area contributed by atoms with Crippen LogP contribution in [0.25, 0.3) is 0 Å². The maximum atomic E-state index is 4.36. The van der Waals surface area contributed by atoms with Gasteiger partial charge in [0.15, 0.2) is 0 Å². The zero-order valence-corrected chi connectivity index (χ0v) is 9.33. The summed E-state index contributed by atoms with van der Waals surface area (Å²) in [6, 6.07) is 0. The second-order valence-corrected chi connectivity index (χ2v) is 3.84. The first-order valence-corrected chi connectivity index (χ1v) is 5.20. The Balaban J connectivity index is 4.45. The maximum Gasteiger partial charge on any atom is 0.0956 e. The quantitative estimate of drug-likeness (QED) is 0.480. The Morgan fingerprint density at radius 2 is 1.67 bits per heavy atom. The van der Waals surface area contributed by atoms with E-state index >= 15 is 0 Å². The molecule has 0 aliphatic rings. The average Bonchev–Trinajstić information content (AvgIpc) is 1.97. The molecule has 1 nitrogen and oxygen atoms in total. The molecule has 0 rings (SSSR count). The lowest BCUT2D eigenvalue weighted by molar-refractivity contribution is 1.38. The van der Waals surface area contributed by atoms with E-state index in [0.717, 1.165) is 10.7 Å². The van der Waals surface area contributed by atoms with E-state index in [0.29, 0.717) is 0 Å². The second kappa shape index (κ2) is 6.06. The van der Waals surface area contributed by atoms with Crippen molar-refractivity contribution in [2.45, 2.75) is 27.7 Å². The second-order valence-electron chi connectivity index (χ2n) is 3.01. The summed E-state index contributed by atoms with van der Waals surface area (Å²) in [6.07, 6.45) is 6.17. The molecule has 0 unspecified atom stereocenters. The monoisotopic (exact) mass is 183 g/mol. The first kappa shape index (κ1) is 11.5. The van der Waals surface area contributed by atoms with Crippen LogP contribution in [0.5, 0.6) is 0 Å². The predicted octanol–water partition coefficient (Wildman–Crippen LogP) is 3.64. The SMILES string of the molecule is CS/C(=C/C=C(C)C)N=C(C)C. The fourth-order valence-electron chi connectivity index (χ4n) is 0.609. The van der Waals surface area contributed by atoms with Crippen LogP contribution in [-0.4, -0.2) is 12.0 Å². The summed E-state index contributed by atoms with van der Waals surface area (Å²) in [5.41, 5.74) is 2.39. The van der Waals surface area contributed by atoms with Crippen molar-refractivity contribution < 1.29 is 0 Å². The van der Waals surface area contributed by atoms with Gasteiger partial charge in [0.25, 0.3) is 0 Å². The Kier molecular flexibility index (Phi) is 5.81. The van der Waals surface area contributed by atoms with Crippen molar-refractivity contribution >= 4 is 17.5 Å². The van der Waals surface area contributed by atoms with Crippen LogP contribution in [0, 0.1) is 0 Å². The molecule has 0 fully saturated rings. The van der Waals surface area contributed by atoms with Crippen LogP contribution in [0.15, 0.2) is 27.7 Å². The maximum absolute atomic E-state index is 4.36.